The van der Waals surface area contributed by atoms with Gasteiger partial charge in [-0.2, -0.15) is 0 Å². The van der Waals surface area contributed by atoms with Crippen molar-refractivity contribution in [1.29, 1.82) is 0 Å². The van der Waals surface area contributed by atoms with Gasteiger partial charge in [0, 0.05) is 12.5 Å². The van der Waals surface area contributed by atoms with Crippen molar-refractivity contribution in [2.45, 2.75) is 18.9 Å². The van der Waals surface area contributed by atoms with Gasteiger partial charge in [0.25, 0.3) is 0 Å². The zero-order valence-corrected chi connectivity index (χ0v) is 9.09. The fourth-order valence-electron chi connectivity index (χ4n) is 1.44. The zero-order valence-electron chi connectivity index (χ0n) is 9.09. The number of methoxy groups -OCH3 is 1. The van der Waals surface area contributed by atoms with Crippen LogP contribution in [-0.4, -0.2) is 18.6 Å². The summed E-state index contributed by atoms with van der Waals surface area (Å²) in [7, 11) is 1.21. The van der Waals surface area contributed by atoms with Crippen LogP contribution in [0.1, 0.15) is 12.5 Å². The molecule has 0 saturated carbocycles. The number of carbonyl (C=O) groups excluding carboxylic acids is 1. The molecule has 0 aliphatic heterocycles. The number of rotatable bonds is 3. The number of hydrogen-bond acceptors (Lipinski definition) is 3. The lowest BCUT2D eigenvalue weighted by Gasteiger charge is -2.21. The van der Waals surface area contributed by atoms with Crippen molar-refractivity contribution in [2.24, 2.45) is 5.73 Å². The fourth-order valence-corrected chi connectivity index (χ4v) is 1.44. The van der Waals surface area contributed by atoms with E-state index < -0.39 is 23.1 Å². The quantitative estimate of drug-likeness (QED) is 0.797. The maximum absolute atomic E-state index is 12.9. The molecule has 0 amide bonds. The van der Waals surface area contributed by atoms with Crippen LogP contribution in [0.5, 0.6) is 0 Å². The Morgan fingerprint density at radius 1 is 1.38 bits per heavy atom. The van der Waals surface area contributed by atoms with Gasteiger partial charge in [0.15, 0.2) is 0 Å². The van der Waals surface area contributed by atoms with Gasteiger partial charge in [-0.25, -0.2) is 8.78 Å². The highest BCUT2D eigenvalue weighted by Crippen LogP contribution is 2.15. The summed E-state index contributed by atoms with van der Waals surface area (Å²) in [5.41, 5.74) is 4.70. The minimum absolute atomic E-state index is 0.00829. The maximum atomic E-state index is 12.9. The van der Waals surface area contributed by atoms with Gasteiger partial charge < -0.3 is 10.5 Å². The molecule has 3 nitrogen and oxygen atoms in total. The number of carbonyl (C=O) groups is 1. The van der Waals surface area contributed by atoms with Crippen LogP contribution < -0.4 is 5.73 Å². The second kappa shape index (κ2) is 4.57. The van der Waals surface area contributed by atoms with E-state index in [4.69, 9.17) is 5.73 Å². The Morgan fingerprint density at radius 3 is 2.31 bits per heavy atom. The van der Waals surface area contributed by atoms with E-state index in [1.54, 1.807) is 0 Å². The Morgan fingerprint density at radius 2 is 1.88 bits per heavy atom. The third kappa shape index (κ3) is 3.00. The molecule has 0 saturated heterocycles. The van der Waals surface area contributed by atoms with Gasteiger partial charge in [-0.05, 0) is 24.6 Å². The summed E-state index contributed by atoms with van der Waals surface area (Å²) in [5, 5.41) is 0. The first-order valence-corrected chi connectivity index (χ1v) is 4.67. The SMILES string of the molecule is COC(=O)C(C)(N)Cc1cc(F)cc(F)c1. The Kier molecular flexibility index (Phi) is 3.59. The molecule has 0 aromatic heterocycles. The van der Waals surface area contributed by atoms with E-state index in [1.165, 1.54) is 14.0 Å². The second-order valence-electron chi connectivity index (χ2n) is 3.86. The molecule has 1 aromatic carbocycles. The summed E-state index contributed by atoms with van der Waals surface area (Å²) < 4.78 is 30.3. The number of benzene rings is 1. The summed E-state index contributed by atoms with van der Waals surface area (Å²) in [6.45, 7) is 1.45. The van der Waals surface area contributed by atoms with Crippen molar-refractivity contribution < 1.29 is 18.3 Å². The molecule has 88 valence electrons. The van der Waals surface area contributed by atoms with Crippen LogP contribution in [0.25, 0.3) is 0 Å². The van der Waals surface area contributed by atoms with Crippen LogP contribution in [0, 0.1) is 11.6 Å². The number of ether oxygens (including phenoxy) is 1. The Bertz CT molecular complexity index is 385. The van der Waals surface area contributed by atoms with Crippen molar-refractivity contribution >= 4 is 5.97 Å². The van der Waals surface area contributed by atoms with E-state index in [-0.39, 0.29) is 6.42 Å². The molecule has 1 unspecified atom stereocenters. The Hall–Kier alpha value is -1.49. The van der Waals surface area contributed by atoms with Crippen LogP contribution in [-0.2, 0) is 16.0 Å². The highest BCUT2D eigenvalue weighted by molar-refractivity contribution is 5.80. The van der Waals surface area contributed by atoms with E-state index in [0.717, 1.165) is 18.2 Å². The molecular formula is C11H13F2NO2. The molecule has 0 fully saturated rings. The first-order chi connectivity index (χ1) is 7.35. The number of esters is 1. The van der Waals surface area contributed by atoms with Crippen molar-refractivity contribution in [2.75, 3.05) is 7.11 Å². The largest absolute Gasteiger partial charge is 0.468 e. The number of halogens is 2. The molecular weight excluding hydrogens is 216 g/mol. The van der Waals surface area contributed by atoms with Crippen LogP contribution in [0.2, 0.25) is 0 Å². The molecule has 0 aliphatic rings. The first-order valence-electron chi connectivity index (χ1n) is 4.67. The van der Waals surface area contributed by atoms with Crippen molar-refractivity contribution in [1.82, 2.24) is 0 Å². The van der Waals surface area contributed by atoms with E-state index >= 15 is 0 Å². The smallest absolute Gasteiger partial charge is 0.325 e. The molecule has 1 atom stereocenters. The van der Waals surface area contributed by atoms with E-state index in [1.807, 2.05) is 0 Å². The van der Waals surface area contributed by atoms with Crippen molar-refractivity contribution in [3.8, 4) is 0 Å². The molecule has 1 aromatic rings. The number of nitrogens with two attached hydrogens (primary N) is 1. The molecule has 16 heavy (non-hydrogen) atoms. The minimum Gasteiger partial charge on any atom is -0.468 e. The highest BCUT2D eigenvalue weighted by atomic mass is 19.1. The minimum atomic E-state index is -1.30. The van der Waals surface area contributed by atoms with Gasteiger partial charge in [0.05, 0.1) is 7.11 Å². The Labute approximate surface area is 92.2 Å². The lowest BCUT2D eigenvalue weighted by atomic mass is 9.94. The van der Waals surface area contributed by atoms with Crippen LogP contribution in [0.3, 0.4) is 0 Å². The van der Waals surface area contributed by atoms with Gasteiger partial charge in [-0.15, -0.1) is 0 Å². The van der Waals surface area contributed by atoms with Crippen LogP contribution in [0.4, 0.5) is 8.78 Å². The molecule has 1 rings (SSSR count). The topological polar surface area (TPSA) is 52.3 Å². The Balaban J connectivity index is 2.91. The third-order valence-corrected chi connectivity index (χ3v) is 2.15. The first kappa shape index (κ1) is 12.6. The van der Waals surface area contributed by atoms with Gasteiger partial charge in [-0.1, -0.05) is 0 Å². The molecule has 5 heteroatoms. The number of hydrogen-bond donors (Lipinski definition) is 1. The van der Waals surface area contributed by atoms with E-state index in [0.29, 0.717) is 5.56 Å². The summed E-state index contributed by atoms with van der Waals surface area (Å²) in [6, 6.07) is 3.03. The highest BCUT2D eigenvalue weighted by Gasteiger charge is 2.29. The summed E-state index contributed by atoms with van der Waals surface area (Å²) >= 11 is 0. The van der Waals surface area contributed by atoms with Gasteiger partial charge in [0.2, 0.25) is 0 Å². The molecule has 0 aliphatic carbocycles. The van der Waals surface area contributed by atoms with Crippen molar-refractivity contribution in [3.63, 3.8) is 0 Å². The summed E-state index contributed by atoms with van der Waals surface area (Å²) in [6.07, 6.45) is 0.00829. The lowest BCUT2D eigenvalue weighted by molar-refractivity contribution is -0.146. The fraction of sp³-hybridized carbons (Fsp3) is 0.364. The molecule has 0 heterocycles. The maximum Gasteiger partial charge on any atom is 0.325 e. The molecule has 0 spiro atoms. The monoisotopic (exact) mass is 229 g/mol. The average Bonchev–Trinajstić information content (AvgIpc) is 2.13. The van der Waals surface area contributed by atoms with Gasteiger partial charge in [-0.3, -0.25) is 4.79 Å². The zero-order chi connectivity index (χ0) is 12.3. The van der Waals surface area contributed by atoms with Crippen molar-refractivity contribution in [3.05, 3.63) is 35.4 Å². The molecule has 0 bridgehead atoms. The predicted molar refractivity (Wildman–Crippen MR) is 54.7 cm³/mol. The third-order valence-electron chi connectivity index (χ3n) is 2.15. The molecule has 2 N–H and O–H groups in total. The van der Waals surface area contributed by atoms with Crippen LogP contribution >= 0.6 is 0 Å². The lowest BCUT2D eigenvalue weighted by Crippen LogP contribution is -2.47. The normalized spacial score (nSPS) is 14.3. The second-order valence-corrected chi connectivity index (χ2v) is 3.86. The summed E-state index contributed by atoms with van der Waals surface area (Å²) in [4.78, 5) is 11.3. The summed E-state index contributed by atoms with van der Waals surface area (Å²) in [5.74, 6) is -2.02. The predicted octanol–water partition coefficient (Wildman–Crippen LogP) is 1.40. The molecule has 0 radical (unpaired) electrons. The standard InChI is InChI=1S/C11H13F2NO2/c1-11(14,10(15)16-2)6-7-3-8(12)5-9(13)4-7/h3-5H,6,14H2,1-2H3. The van der Waals surface area contributed by atoms with E-state index in [9.17, 15) is 13.6 Å². The van der Waals surface area contributed by atoms with Gasteiger partial charge in [0.1, 0.15) is 17.2 Å². The van der Waals surface area contributed by atoms with Gasteiger partial charge >= 0.3 is 5.97 Å². The average molecular weight is 229 g/mol. The van der Waals surface area contributed by atoms with Crippen LogP contribution in [0.15, 0.2) is 18.2 Å². The van der Waals surface area contributed by atoms with E-state index in [2.05, 4.69) is 4.74 Å².